The van der Waals surface area contributed by atoms with E-state index in [9.17, 15) is 4.79 Å². The summed E-state index contributed by atoms with van der Waals surface area (Å²) in [6.45, 7) is 4.77. The standard InChI is InChI=1S/C13H19N3O/c1-10(2)15-13(17)16-9-5-7-12(16)11-6-3-4-8-14-11/h3-4,6,8,10,12H,5,7,9H2,1-2H3,(H,15,17)/t12-/m1/s1. The Morgan fingerprint density at radius 3 is 3.00 bits per heavy atom. The molecule has 2 heterocycles. The van der Waals surface area contributed by atoms with Gasteiger partial charge in [-0.3, -0.25) is 4.98 Å². The van der Waals surface area contributed by atoms with Gasteiger partial charge in [-0.25, -0.2) is 4.79 Å². The van der Waals surface area contributed by atoms with Crippen molar-refractivity contribution >= 4 is 6.03 Å². The van der Waals surface area contributed by atoms with Crippen molar-refractivity contribution in [3.05, 3.63) is 30.1 Å². The summed E-state index contributed by atoms with van der Waals surface area (Å²) < 4.78 is 0. The fraction of sp³-hybridized carbons (Fsp3) is 0.538. The number of likely N-dealkylation sites (tertiary alicyclic amines) is 1. The molecule has 0 aromatic carbocycles. The topological polar surface area (TPSA) is 45.2 Å². The van der Waals surface area contributed by atoms with Gasteiger partial charge >= 0.3 is 6.03 Å². The van der Waals surface area contributed by atoms with Crippen molar-refractivity contribution < 1.29 is 4.79 Å². The van der Waals surface area contributed by atoms with Gasteiger partial charge in [0.15, 0.2) is 0 Å². The first-order valence-corrected chi connectivity index (χ1v) is 6.16. The predicted molar refractivity (Wildman–Crippen MR) is 66.6 cm³/mol. The average molecular weight is 233 g/mol. The highest BCUT2D eigenvalue weighted by atomic mass is 16.2. The number of pyridine rings is 1. The van der Waals surface area contributed by atoms with Gasteiger partial charge in [0.25, 0.3) is 0 Å². The molecule has 4 nitrogen and oxygen atoms in total. The molecule has 0 spiro atoms. The van der Waals surface area contributed by atoms with Gasteiger partial charge in [-0.2, -0.15) is 0 Å². The molecule has 0 aliphatic carbocycles. The molecule has 1 aromatic heterocycles. The van der Waals surface area contributed by atoms with Crippen LogP contribution in [0.5, 0.6) is 0 Å². The Morgan fingerprint density at radius 1 is 1.53 bits per heavy atom. The maximum absolute atomic E-state index is 12.0. The predicted octanol–water partition coefficient (Wildman–Crippen LogP) is 2.34. The molecule has 92 valence electrons. The van der Waals surface area contributed by atoms with Crippen LogP contribution in [0.25, 0.3) is 0 Å². The summed E-state index contributed by atoms with van der Waals surface area (Å²) in [4.78, 5) is 18.3. The fourth-order valence-corrected chi connectivity index (χ4v) is 2.22. The maximum Gasteiger partial charge on any atom is 0.318 e. The second-order valence-electron chi connectivity index (χ2n) is 4.71. The first-order valence-electron chi connectivity index (χ1n) is 6.16. The quantitative estimate of drug-likeness (QED) is 0.852. The first-order chi connectivity index (χ1) is 8.18. The van der Waals surface area contributed by atoms with E-state index in [1.807, 2.05) is 36.9 Å². The summed E-state index contributed by atoms with van der Waals surface area (Å²) in [6.07, 6.45) is 3.83. The van der Waals surface area contributed by atoms with Crippen LogP contribution in [0.2, 0.25) is 0 Å². The number of carbonyl (C=O) groups is 1. The minimum atomic E-state index is 0.0214. The van der Waals surface area contributed by atoms with E-state index in [1.54, 1.807) is 6.20 Å². The molecule has 1 saturated heterocycles. The van der Waals surface area contributed by atoms with E-state index in [0.29, 0.717) is 0 Å². The van der Waals surface area contributed by atoms with Crippen LogP contribution in [-0.4, -0.2) is 28.5 Å². The van der Waals surface area contributed by atoms with Gasteiger partial charge in [0.1, 0.15) is 0 Å². The van der Waals surface area contributed by atoms with E-state index in [4.69, 9.17) is 0 Å². The number of carbonyl (C=O) groups excluding carboxylic acids is 1. The van der Waals surface area contributed by atoms with Gasteiger partial charge in [-0.1, -0.05) is 6.07 Å². The molecule has 0 saturated carbocycles. The number of hydrogen-bond acceptors (Lipinski definition) is 2. The van der Waals surface area contributed by atoms with E-state index in [1.165, 1.54) is 0 Å². The third-order valence-corrected chi connectivity index (χ3v) is 2.95. The summed E-state index contributed by atoms with van der Waals surface area (Å²) in [5, 5.41) is 2.94. The van der Waals surface area contributed by atoms with Crippen LogP contribution < -0.4 is 5.32 Å². The van der Waals surface area contributed by atoms with Crippen molar-refractivity contribution in [1.82, 2.24) is 15.2 Å². The van der Waals surface area contributed by atoms with Gasteiger partial charge in [-0.15, -0.1) is 0 Å². The average Bonchev–Trinajstić information content (AvgIpc) is 2.78. The minimum absolute atomic E-state index is 0.0214. The molecular weight excluding hydrogens is 214 g/mol. The Morgan fingerprint density at radius 2 is 2.35 bits per heavy atom. The Kier molecular flexibility index (Phi) is 3.61. The highest BCUT2D eigenvalue weighted by Crippen LogP contribution is 2.30. The van der Waals surface area contributed by atoms with E-state index in [0.717, 1.165) is 25.1 Å². The van der Waals surface area contributed by atoms with Gasteiger partial charge in [0.2, 0.25) is 0 Å². The Hall–Kier alpha value is -1.58. The van der Waals surface area contributed by atoms with Gasteiger partial charge < -0.3 is 10.2 Å². The molecule has 0 unspecified atom stereocenters. The summed E-state index contributed by atoms with van der Waals surface area (Å²) in [5.41, 5.74) is 0.990. The lowest BCUT2D eigenvalue weighted by Gasteiger charge is -2.25. The van der Waals surface area contributed by atoms with Crippen LogP contribution in [0.15, 0.2) is 24.4 Å². The van der Waals surface area contributed by atoms with E-state index >= 15 is 0 Å². The second kappa shape index (κ2) is 5.17. The highest BCUT2D eigenvalue weighted by molar-refractivity contribution is 5.75. The van der Waals surface area contributed by atoms with Crippen molar-refractivity contribution in [3.8, 4) is 0 Å². The molecule has 1 fully saturated rings. The molecule has 1 aliphatic heterocycles. The molecule has 17 heavy (non-hydrogen) atoms. The molecule has 1 N–H and O–H groups in total. The molecule has 1 atom stereocenters. The third kappa shape index (κ3) is 2.75. The zero-order valence-electron chi connectivity index (χ0n) is 10.4. The van der Waals surface area contributed by atoms with Crippen LogP contribution in [0, 0.1) is 0 Å². The maximum atomic E-state index is 12.0. The van der Waals surface area contributed by atoms with Crippen molar-refractivity contribution in [2.45, 2.75) is 38.8 Å². The van der Waals surface area contributed by atoms with Crippen molar-refractivity contribution in [2.75, 3.05) is 6.54 Å². The lowest BCUT2D eigenvalue weighted by atomic mass is 10.1. The van der Waals surface area contributed by atoms with Crippen molar-refractivity contribution in [1.29, 1.82) is 0 Å². The van der Waals surface area contributed by atoms with E-state index in [2.05, 4.69) is 10.3 Å². The molecule has 0 bridgehead atoms. The summed E-state index contributed by atoms with van der Waals surface area (Å²) in [5.74, 6) is 0. The zero-order chi connectivity index (χ0) is 12.3. The number of hydrogen-bond donors (Lipinski definition) is 1. The van der Waals surface area contributed by atoms with Gasteiger partial charge in [0, 0.05) is 18.8 Å². The number of rotatable bonds is 2. The van der Waals surface area contributed by atoms with Crippen LogP contribution >= 0.6 is 0 Å². The molecule has 0 radical (unpaired) electrons. The minimum Gasteiger partial charge on any atom is -0.336 e. The zero-order valence-corrected chi connectivity index (χ0v) is 10.4. The highest BCUT2D eigenvalue weighted by Gasteiger charge is 2.30. The summed E-state index contributed by atoms with van der Waals surface area (Å²) in [7, 11) is 0. The van der Waals surface area contributed by atoms with Crippen LogP contribution in [0.1, 0.15) is 38.4 Å². The number of nitrogens with zero attached hydrogens (tertiary/aromatic N) is 2. The number of amides is 2. The summed E-state index contributed by atoms with van der Waals surface area (Å²) >= 11 is 0. The SMILES string of the molecule is CC(C)NC(=O)N1CCC[C@@H]1c1ccccn1. The lowest BCUT2D eigenvalue weighted by Crippen LogP contribution is -2.42. The normalized spacial score (nSPS) is 19.7. The van der Waals surface area contributed by atoms with Crippen molar-refractivity contribution in [3.63, 3.8) is 0 Å². The Bertz CT molecular complexity index is 378. The lowest BCUT2D eigenvalue weighted by molar-refractivity contribution is 0.189. The number of nitrogens with one attached hydrogen (secondary N) is 1. The molecule has 1 aromatic rings. The molecule has 2 amide bonds. The van der Waals surface area contributed by atoms with E-state index in [-0.39, 0.29) is 18.1 Å². The van der Waals surface area contributed by atoms with Gasteiger partial charge in [0.05, 0.1) is 11.7 Å². The second-order valence-corrected chi connectivity index (χ2v) is 4.71. The Balaban J connectivity index is 2.10. The van der Waals surface area contributed by atoms with Crippen LogP contribution in [0.3, 0.4) is 0 Å². The van der Waals surface area contributed by atoms with Gasteiger partial charge in [-0.05, 0) is 38.8 Å². The number of aromatic nitrogens is 1. The number of urea groups is 1. The van der Waals surface area contributed by atoms with Crippen LogP contribution in [0.4, 0.5) is 4.79 Å². The first kappa shape index (κ1) is 11.9. The largest absolute Gasteiger partial charge is 0.336 e. The van der Waals surface area contributed by atoms with E-state index < -0.39 is 0 Å². The molecule has 4 heteroatoms. The fourth-order valence-electron chi connectivity index (χ4n) is 2.22. The molecule has 1 aliphatic rings. The molecule has 2 rings (SSSR count). The third-order valence-electron chi connectivity index (χ3n) is 2.95. The summed E-state index contributed by atoms with van der Waals surface area (Å²) in [6, 6.07) is 6.19. The van der Waals surface area contributed by atoms with Crippen molar-refractivity contribution in [2.24, 2.45) is 0 Å². The Labute approximate surface area is 102 Å². The van der Waals surface area contributed by atoms with Crippen LogP contribution in [-0.2, 0) is 0 Å². The smallest absolute Gasteiger partial charge is 0.318 e. The monoisotopic (exact) mass is 233 g/mol. The molecular formula is C13H19N3O.